The molecule has 0 saturated carbocycles. The highest BCUT2D eigenvalue weighted by atomic mass is 32.1. The Balaban J connectivity index is 2.20. The zero-order valence-electron chi connectivity index (χ0n) is 12.4. The quantitative estimate of drug-likeness (QED) is 0.766. The van der Waals surface area contributed by atoms with Crippen molar-refractivity contribution >= 4 is 12.6 Å². The van der Waals surface area contributed by atoms with E-state index in [-0.39, 0.29) is 5.41 Å². The van der Waals surface area contributed by atoms with Crippen LogP contribution in [-0.4, -0.2) is 5.11 Å². The Labute approximate surface area is 127 Å². The van der Waals surface area contributed by atoms with Crippen LogP contribution < -0.4 is 0 Å². The molecule has 0 heterocycles. The van der Waals surface area contributed by atoms with Crippen LogP contribution in [0.1, 0.15) is 37.0 Å². The molecule has 2 aromatic carbocycles. The minimum Gasteiger partial charge on any atom is -0.508 e. The molecule has 0 saturated heterocycles. The fourth-order valence-corrected chi connectivity index (χ4v) is 2.65. The number of aromatic hydroxyl groups is 1. The predicted molar refractivity (Wildman–Crippen MR) is 87.9 cm³/mol. The third kappa shape index (κ3) is 3.37. The highest BCUT2D eigenvalue weighted by molar-refractivity contribution is 7.80. The van der Waals surface area contributed by atoms with Crippen molar-refractivity contribution in [1.82, 2.24) is 0 Å². The van der Waals surface area contributed by atoms with E-state index in [0.717, 1.165) is 28.9 Å². The molecule has 0 bridgehead atoms. The monoisotopic (exact) mass is 286 g/mol. The summed E-state index contributed by atoms with van der Waals surface area (Å²) in [6.07, 6.45) is 1.99. The van der Waals surface area contributed by atoms with Crippen LogP contribution in [0.15, 0.2) is 47.4 Å². The Bertz CT molecular complexity index is 588. The topological polar surface area (TPSA) is 20.2 Å². The van der Waals surface area contributed by atoms with Gasteiger partial charge in [0, 0.05) is 10.5 Å². The molecule has 20 heavy (non-hydrogen) atoms. The van der Waals surface area contributed by atoms with Crippen molar-refractivity contribution in [2.45, 2.75) is 43.9 Å². The average molecular weight is 286 g/mol. The van der Waals surface area contributed by atoms with Gasteiger partial charge in [-0.15, -0.1) is 12.6 Å². The zero-order chi connectivity index (χ0) is 14.8. The maximum Gasteiger partial charge on any atom is 0.119 e. The molecule has 0 aromatic heterocycles. The largest absolute Gasteiger partial charge is 0.508 e. The summed E-state index contributed by atoms with van der Waals surface area (Å²) in [6.45, 7) is 6.31. The summed E-state index contributed by atoms with van der Waals surface area (Å²) in [7, 11) is 0. The number of benzene rings is 2. The van der Waals surface area contributed by atoms with Crippen LogP contribution in [0.3, 0.4) is 0 Å². The number of aryl methyl sites for hydroxylation is 2. The predicted octanol–water partition coefficient (Wildman–Crippen LogP) is 4.90. The smallest absolute Gasteiger partial charge is 0.119 e. The van der Waals surface area contributed by atoms with Gasteiger partial charge in [0.15, 0.2) is 0 Å². The fourth-order valence-electron chi connectivity index (χ4n) is 2.46. The Hall–Kier alpha value is -1.41. The van der Waals surface area contributed by atoms with Gasteiger partial charge in [-0.25, -0.2) is 0 Å². The highest BCUT2D eigenvalue weighted by Gasteiger charge is 2.24. The van der Waals surface area contributed by atoms with E-state index in [1.54, 1.807) is 0 Å². The minimum absolute atomic E-state index is 0.0783. The van der Waals surface area contributed by atoms with Crippen molar-refractivity contribution < 1.29 is 5.11 Å². The first-order valence-electron chi connectivity index (χ1n) is 6.97. The number of hydrogen-bond acceptors (Lipinski definition) is 2. The van der Waals surface area contributed by atoms with Crippen molar-refractivity contribution in [1.29, 1.82) is 0 Å². The maximum absolute atomic E-state index is 10.2. The Morgan fingerprint density at radius 2 is 1.75 bits per heavy atom. The Morgan fingerprint density at radius 3 is 2.40 bits per heavy atom. The molecule has 0 aliphatic rings. The standard InChI is InChI=1S/C18H22OS/c1-13-11-16(19)15(12-17(13)20)18(2,3)10-9-14-7-5-4-6-8-14/h4-8,11-12,19-20H,9-10H2,1-3H3. The van der Waals surface area contributed by atoms with E-state index in [9.17, 15) is 5.11 Å². The van der Waals surface area contributed by atoms with Gasteiger partial charge in [-0.1, -0.05) is 44.2 Å². The van der Waals surface area contributed by atoms with Gasteiger partial charge in [0.05, 0.1) is 0 Å². The lowest BCUT2D eigenvalue weighted by atomic mass is 9.79. The first-order valence-corrected chi connectivity index (χ1v) is 7.42. The third-order valence-corrected chi connectivity index (χ3v) is 4.41. The second-order valence-corrected chi connectivity index (χ2v) is 6.51. The van der Waals surface area contributed by atoms with Crippen molar-refractivity contribution in [3.8, 4) is 5.75 Å². The lowest BCUT2D eigenvalue weighted by molar-refractivity contribution is 0.418. The van der Waals surface area contributed by atoms with E-state index >= 15 is 0 Å². The van der Waals surface area contributed by atoms with E-state index in [0.29, 0.717) is 5.75 Å². The van der Waals surface area contributed by atoms with Crippen molar-refractivity contribution in [2.24, 2.45) is 0 Å². The Morgan fingerprint density at radius 1 is 1.10 bits per heavy atom. The second kappa shape index (κ2) is 5.92. The van der Waals surface area contributed by atoms with Crippen molar-refractivity contribution in [2.75, 3.05) is 0 Å². The maximum atomic E-state index is 10.2. The van der Waals surface area contributed by atoms with Gasteiger partial charge in [-0.05, 0) is 48.4 Å². The van der Waals surface area contributed by atoms with Crippen molar-refractivity contribution in [3.63, 3.8) is 0 Å². The van der Waals surface area contributed by atoms with Crippen LogP contribution in [0.25, 0.3) is 0 Å². The molecule has 2 aromatic rings. The first-order chi connectivity index (χ1) is 9.40. The minimum atomic E-state index is -0.0783. The summed E-state index contributed by atoms with van der Waals surface area (Å²) >= 11 is 4.47. The van der Waals surface area contributed by atoms with E-state index in [1.165, 1.54) is 5.56 Å². The summed E-state index contributed by atoms with van der Waals surface area (Å²) in [6, 6.07) is 14.3. The molecule has 1 nitrogen and oxygen atoms in total. The molecule has 2 rings (SSSR count). The van der Waals surface area contributed by atoms with Gasteiger partial charge < -0.3 is 5.11 Å². The van der Waals surface area contributed by atoms with Crippen LogP contribution in [0.4, 0.5) is 0 Å². The van der Waals surface area contributed by atoms with Crippen LogP contribution in [-0.2, 0) is 11.8 Å². The van der Waals surface area contributed by atoms with Crippen LogP contribution in [0.5, 0.6) is 5.75 Å². The average Bonchev–Trinajstić information content (AvgIpc) is 2.42. The van der Waals surface area contributed by atoms with E-state index in [4.69, 9.17) is 0 Å². The van der Waals surface area contributed by atoms with Gasteiger partial charge in [0.25, 0.3) is 0 Å². The van der Waals surface area contributed by atoms with Gasteiger partial charge in [-0.3, -0.25) is 0 Å². The summed E-state index contributed by atoms with van der Waals surface area (Å²) < 4.78 is 0. The van der Waals surface area contributed by atoms with Crippen LogP contribution >= 0.6 is 12.6 Å². The summed E-state index contributed by atoms with van der Waals surface area (Å²) in [5.41, 5.74) is 3.24. The second-order valence-electron chi connectivity index (χ2n) is 6.03. The number of rotatable bonds is 4. The van der Waals surface area contributed by atoms with Gasteiger partial charge >= 0.3 is 0 Å². The first kappa shape index (κ1) is 15.0. The molecule has 0 spiro atoms. The molecule has 0 aliphatic carbocycles. The van der Waals surface area contributed by atoms with Crippen LogP contribution in [0, 0.1) is 6.92 Å². The Kier molecular flexibility index (Phi) is 4.44. The van der Waals surface area contributed by atoms with Crippen molar-refractivity contribution in [3.05, 3.63) is 59.2 Å². The van der Waals surface area contributed by atoms with Gasteiger partial charge in [-0.2, -0.15) is 0 Å². The molecular formula is C18H22OS. The normalized spacial score (nSPS) is 11.6. The SMILES string of the molecule is Cc1cc(O)c(C(C)(C)CCc2ccccc2)cc1S. The van der Waals surface area contributed by atoms with Gasteiger partial charge in [0.2, 0.25) is 0 Å². The highest BCUT2D eigenvalue weighted by Crippen LogP contribution is 2.37. The number of phenolic OH excluding ortho intramolecular Hbond substituents is 1. The van der Waals surface area contributed by atoms with E-state index in [2.05, 4.69) is 50.7 Å². The molecule has 0 aliphatic heterocycles. The number of thiol groups is 1. The molecular weight excluding hydrogens is 264 g/mol. The molecule has 106 valence electrons. The summed E-state index contributed by atoms with van der Waals surface area (Å²) in [5, 5.41) is 10.2. The fraction of sp³-hybridized carbons (Fsp3) is 0.333. The van der Waals surface area contributed by atoms with Crippen LogP contribution in [0.2, 0.25) is 0 Å². The molecule has 0 atom stereocenters. The van der Waals surface area contributed by atoms with E-state index in [1.807, 2.05) is 25.1 Å². The lowest BCUT2D eigenvalue weighted by Gasteiger charge is -2.27. The lowest BCUT2D eigenvalue weighted by Crippen LogP contribution is -2.18. The zero-order valence-corrected chi connectivity index (χ0v) is 13.2. The number of hydrogen-bond donors (Lipinski definition) is 2. The van der Waals surface area contributed by atoms with Gasteiger partial charge in [0.1, 0.15) is 5.75 Å². The summed E-state index contributed by atoms with van der Waals surface area (Å²) in [4.78, 5) is 0.936. The molecule has 0 unspecified atom stereocenters. The molecule has 2 heteroatoms. The number of phenols is 1. The molecule has 0 fully saturated rings. The summed E-state index contributed by atoms with van der Waals surface area (Å²) in [5.74, 6) is 0.373. The third-order valence-electron chi connectivity index (χ3n) is 3.92. The van der Waals surface area contributed by atoms with E-state index < -0.39 is 0 Å². The molecule has 1 N–H and O–H groups in total. The molecule has 0 radical (unpaired) electrons. The molecule has 0 amide bonds.